The summed E-state index contributed by atoms with van der Waals surface area (Å²) in [6.07, 6.45) is 5.98. The van der Waals surface area contributed by atoms with Crippen molar-refractivity contribution in [2.45, 2.75) is 45.1 Å². The number of hydrogen-bond acceptors (Lipinski definition) is 5. The molecular formula is C18H20N2O3S. The second kappa shape index (κ2) is 6.81. The average Bonchev–Trinajstić information content (AvgIpc) is 3.23. The zero-order valence-electron chi connectivity index (χ0n) is 13.5. The maximum absolute atomic E-state index is 12.1. The molecule has 0 fully saturated rings. The van der Waals surface area contributed by atoms with Gasteiger partial charge in [-0.3, -0.25) is 4.79 Å². The fourth-order valence-corrected chi connectivity index (χ4v) is 4.23. The average molecular weight is 344 g/mol. The number of nitrogens with zero attached hydrogens (tertiary/aromatic N) is 1. The lowest BCUT2D eigenvalue weighted by Gasteiger charge is -2.06. The molecule has 0 bridgehead atoms. The summed E-state index contributed by atoms with van der Waals surface area (Å²) in [7, 11) is 0. The first-order valence-corrected chi connectivity index (χ1v) is 9.22. The summed E-state index contributed by atoms with van der Waals surface area (Å²) in [4.78, 5) is 18.2. The van der Waals surface area contributed by atoms with E-state index in [9.17, 15) is 4.79 Å². The normalized spacial score (nSPS) is 15.2. The van der Waals surface area contributed by atoms with E-state index in [1.54, 1.807) is 11.3 Å². The summed E-state index contributed by atoms with van der Waals surface area (Å²) >= 11 is 1.78. The Morgan fingerprint density at radius 2 is 2.08 bits per heavy atom. The van der Waals surface area contributed by atoms with E-state index in [2.05, 4.69) is 10.3 Å². The minimum absolute atomic E-state index is 0.0563. The van der Waals surface area contributed by atoms with E-state index in [4.69, 9.17) is 9.47 Å². The van der Waals surface area contributed by atoms with Crippen molar-refractivity contribution in [2.75, 3.05) is 6.79 Å². The van der Waals surface area contributed by atoms with E-state index < -0.39 is 0 Å². The molecule has 2 aromatic rings. The molecule has 126 valence electrons. The van der Waals surface area contributed by atoms with Gasteiger partial charge in [0, 0.05) is 24.3 Å². The molecule has 0 saturated carbocycles. The third-order valence-electron chi connectivity index (χ3n) is 4.38. The van der Waals surface area contributed by atoms with Crippen LogP contribution < -0.4 is 14.8 Å². The molecule has 0 spiro atoms. The van der Waals surface area contributed by atoms with Crippen LogP contribution in [-0.2, 0) is 30.6 Å². The topological polar surface area (TPSA) is 60.5 Å². The Bertz CT molecular complexity index is 733. The molecule has 0 radical (unpaired) electrons. The van der Waals surface area contributed by atoms with Crippen LogP contribution in [0.5, 0.6) is 11.5 Å². The van der Waals surface area contributed by atoms with Crippen LogP contribution in [-0.4, -0.2) is 17.7 Å². The summed E-state index contributed by atoms with van der Waals surface area (Å²) in [5.74, 6) is 1.56. The molecule has 2 aliphatic rings. The summed E-state index contributed by atoms with van der Waals surface area (Å²) in [5.41, 5.74) is 2.28. The smallest absolute Gasteiger partial charge is 0.231 e. The van der Waals surface area contributed by atoms with Gasteiger partial charge in [-0.25, -0.2) is 4.98 Å². The molecule has 1 N–H and O–H groups in total. The van der Waals surface area contributed by atoms with Crippen LogP contribution in [0.1, 0.15) is 40.4 Å². The van der Waals surface area contributed by atoms with Crippen LogP contribution in [0.25, 0.3) is 0 Å². The van der Waals surface area contributed by atoms with E-state index >= 15 is 0 Å². The molecule has 1 aromatic carbocycles. The molecule has 0 saturated heterocycles. The Kier molecular flexibility index (Phi) is 4.38. The Balaban J connectivity index is 1.27. The number of hydrogen-bond donors (Lipinski definition) is 1. The summed E-state index contributed by atoms with van der Waals surface area (Å²) < 4.78 is 10.6. The van der Waals surface area contributed by atoms with Crippen molar-refractivity contribution < 1.29 is 14.3 Å². The van der Waals surface area contributed by atoms with Gasteiger partial charge in [-0.1, -0.05) is 6.07 Å². The minimum atomic E-state index is 0.0563. The predicted octanol–water partition coefficient (Wildman–Crippen LogP) is 3.00. The number of carbonyl (C=O) groups excluding carboxylic acids is 1. The Hall–Kier alpha value is -2.08. The third-order valence-corrected chi connectivity index (χ3v) is 5.60. The number of amides is 1. The van der Waals surface area contributed by atoms with Crippen molar-refractivity contribution in [1.29, 1.82) is 0 Å². The summed E-state index contributed by atoms with van der Waals surface area (Å²) in [6.45, 7) is 0.771. The van der Waals surface area contributed by atoms with Gasteiger partial charge in [-0.2, -0.15) is 0 Å². The number of benzene rings is 1. The molecule has 1 amide bonds. The van der Waals surface area contributed by atoms with Gasteiger partial charge in [0.1, 0.15) is 0 Å². The van der Waals surface area contributed by atoms with E-state index in [1.807, 2.05) is 18.2 Å². The van der Waals surface area contributed by atoms with Crippen molar-refractivity contribution >= 4 is 17.2 Å². The van der Waals surface area contributed by atoms with Gasteiger partial charge in [-0.05, 0) is 43.4 Å². The van der Waals surface area contributed by atoms with Crippen molar-refractivity contribution in [3.63, 3.8) is 0 Å². The van der Waals surface area contributed by atoms with Crippen LogP contribution in [0, 0.1) is 0 Å². The van der Waals surface area contributed by atoms with Gasteiger partial charge >= 0.3 is 0 Å². The SMILES string of the molecule is O=C(CCc1nc2c(s1)CCCC2)NCc1ccc2c(c1)OCO2. The lowest BCUT2D eigenvalue weighted by molar-refractivity contribution is -0.121. The van der Waals surface area contributed by atoms with E-state index in [-0.39, 0.29) is 12.7 Å². The van der Waals surface area contributed by atoms with Crippen LogP contribution in [0.4, 0.5) is 0 Å². The number of rotatable bonds is 5. The summed E-state index contributed by atoms with van der Waals surface area (Å²) in [6, 6.07) is 5.74. The number of thiazole rings is 1. The van der Waals surface area contributed by atoms with E-state index in [0.29, 0.717) is 13.0 Å². The van der Waals surface area contributed by atoms with Gasteiger partial charge < -0.3 is 14.8 Å². The third kappa shape index (κ3) is 3.38. The second-order valence-corrected chi connectivity index (χ2v) is 7.32. The number of nitrogens with one attached hydrogen (secondary N) is 1. The molecular weight excluding hydrogens is 324 g/mol. The molecule has 1 aromatic heterocycles. The standard InChI is InChI=1S/C18H20N2O3S/c21-17(7-8-18-20-13-3-1-2-4-16(13)24-18)19-10-12-5-6-14-15(9-12)23-11-22-14/h5-6,9H,1-4,7-8,10-11H2,(H,19,21). The van der Waals surface area contributed by atoms with E-state index in [1.165, 1.54) is 23.4 Å². The highest BCUT2D eigenvalue weighted by Gasteiger charge is 2.16. The lowest BCUT2D eigenvalue weighted by Crippen LogP contribution is -2.22. The molecule has 0 unspecified atom stereocenters. The highest BCUT2D eigenvalue weighted by molar-refractivity contribution is 7.11. The molecule has 24 heavy (non-hydrogen) atoms. The Morgan fingerprint density at radius 1 is 1.21 bits per heavy atom. The van der Waals surface area contributed by atoms with Crippen LogP contribution in [0.2, 0.25) is 0 Å². The first-order chi connectivity index (χ1) is 11.8. The number of ether oxygens (including phenoxy) is 2. The Morgan fingerprint density at radius 3 is 3.00 bits per heavy atom. The number of fused-ring (bicyclic) bond motifs is 2. The number of aryl methyl sites for hydroxylation is 3. The maximum atomic E-state index is 12.1. The van der Waals surface area contributed by atoms with Gasteiger partial charge in [-0.15, -0.1) is 11.3 Å². The van der Waals surface area contributed by atoms with E-state index in [0.717, 1.165) is 41.3 Å². The predicted molar refractivity (Wildman–Crippen MR) is 91.5 cm³/mol. The van der Waals surface area contributed by atoms with Crippen LogP contribution in [0.15, 0.2) is 18.2 Å². The van der Waals surface area contributed by atoms with Crippen molar-refractivity contribution in [3.05, 3.63) is 39.3 Å². The van der Waals surface area contributed by atoms with Gasteiger partial charge in [0.25, 0.3) is 0 Å². The van der Waals surface area contributed by atoms with Crippen molar-refractivity contribution in [3.8, 4) is 11.5 Å². The van der Waals surface area contributed by atoms with Crippen molar-refractivity contribution in [2.24, 2.45) is 0 Å². The second-order valence-electron chi connectivity index (χ2n) is 6.15. The Labute approximate surface area is 145 Å². The molecule has 1 aliphatic carbocycles. The van der Waals surface area contributed by atoms with Gasteiger partial charge in [0.2, 0.25) is 12.7 Å². The molecule has 4 rings (SSSR count). The summed E-state index contributed by atoms with van der Waals surface area (Å²) in [5, 5.41) is 4.06. The highest BCUT2D eigenvalue weighted by Crippen LogP contribution is 2.32. The molecule has 6 heteroatoms. The lowest BCUT2D eigenvalue weighted by atomic mass is 10.0. The zero-order chi connectivity index (χ0) is 16.4. The fraction of sp³-hybridized carbons (Fsp3) is 0.444. The minimum Gasteiger partial charge on any atom is -0.454 e. The van der Waals surface area contributed by atoms with Gasteiger partial charge in [0.05, 0.1) is 10.7 Å². The van der Waals surface area contributed by atoms with Crippen LogP contribution in [0.3, 0.4) is 0 Å². The first kappa shape index (κ1) is 15.4. The molecule has 0 atom stereocenters. The number of carbonyl (C=O) groups is 1. The van der Waals surface area contributed by atoms with Crippen LogP contribution >= 0.6 is 11.3 Å². The number of aromatic nitrogens is 1. The van der Waals surface area contributed by atoms with Gasteiger partial charge in [0.15, 0.2) is 11.5 Å². The largest absolute Gasteiger partial charge is 0.454 e. The maximum Gasteiger partial charge on any atom is 0.231 e. The molecule has 5 nitrogen and oxygen atoms in total. The highest BCUT2D eigenvalue weighted by atomic mass is 32.1. The zero-order valence-corrected chi connectivity index (χ0v) is 14.3. The molecule has 1 aliphatic heterocycles. The fourth-order valence-electron chi connectivity index (χ4n) is 3.07. The monoisotopic (exact) mass is 344 g/mol. The molecule has 2 heterocycles. The van der Waals surface area contributed by atoms with Crippen molar-refractivity contribution in [1.82, 2.24) is 10.3 Å². The quantitative estimate of drug-likeness (QED) is 0.906. The first-order valence-electron chi connectivity index (χ1n) is 8.40.